The Hall–Kier alpha value is -2.34. The SMILES string of the molecule is O=C(Cc1cccc(O)c1)Nc1ccc(C(=O)O)cc1Br. The van der Waals surface area contributed by atoms with Crippen molar-refractivity contribution in [2.75, 3.05) is 5.32 Å². The number of phenols is 1. The van der Waals surface area contributed by atoms with Gasteiger partial charge in [-0.05, 0) is 51.8 Å². The number of carbonyl (C=O) groups is 2. The lowest BCUT2D eigenvalue weighted by Crippen LogP contribution is -2.15. The third-order valence-electron chi connectivity index (χ3n) is 2.77. The number of carboxylic acid groups (broad SMARTS) is 1. The van der Waals surface area contributed by atoms with Crippen molar-refractivity contribution >= 4 is 33.5 Å². The Morgan fingerprint density at radius 2 is 1.90 bits per heavy atom. The number of anilines is 1. The zero-order valence-electron chi connectivity index (χ0n) is 10.8. The van der Waals surface area contributed by atoms with Crippen molar-refractivity contribution in [2.45, 2.75) is 6.42 Å². The molecule has 0 spiro atoms. The van der Waals surface area contributed by atoms with Crippen molar-refractivity contribution in [3.8, 4) is 5.75 Å². The van der Waals surface area contributed by atoms with Crippen LogP contribution in [0.5, 0.6) is 5.75 Å². The number of nitrogens with one attached hydrogen (secondary N) is 1. The molecule has 108 valence electrons. The highest BCUT2D eigenvalue weighted by atomic mass is 79.9. The molecule has 21 heavy (non-hydrogen) atoms. The van der Waals surface area contributed by atoms with Crippen molar-refractivity contribution in [2.24, 2.45) is 0 Å². The molecule has 0 radical (unpaired) electrons. The second-order valence-corrected chi connectivity index (χ2v) is 5.25. The van der Waals surface area contributed by atoms with Gasteiger partial charge in [0.25, 0.3) is 0 Å². The number of aromatic carboxylic acids is 1. The fraction of sp³-hybridized carbons (Fsp3) is 0.0667. The van der Waals surface area contributed by atoms with Gasteiger partial charge in [0.2, 0.25) is 5.91 Å². The molecule has 0 atom stereocenters. The molecule has 5 nitrogen and oxygen atoms in total. The summed E-state index contributed by atoms with van der Waals surface area (Å²) in [5, 5.41) is 20.9. The third kappa shape index (κ3) is 4.06. The number of carboxylic acids is 1. The van der Waals surface area contributed by atoms with Gasteiger partial charge >= 0.3 is 5.97 Å². The van der Waals surface area contributed by atoms with Crippen LogP contribution in [0.1, 0.15) is 15.9 Å². The Bertz CT molecular complexity index is 700. The van der Waals surface area contributed by atoms with Crippen molar-refractivity contribution in [3.05, 3.63) is 58.1 Å². The van der Waals surface area contributed by atoms with E-state index >= 15 is 0 Å². The zero-order valence-corrected chi connectivity index (χ0v) is 12.4. The van der Waals surface area contributed by atoms with E-state index in [-0.39, 0.29) is 23.6 Å². The number of phenolic OH excluding ortho intramolecular Hbond substituents is 1. The summed E-state index contributed by atoms with van der Waals surface area (Å²) >= 11 is 3.22. The van der Waals surface area contributed by atoms with Crippen molar-refractivity contribution < 1.29 is 19.8 Å². The molecule has 6 heteroatoms. The maximum Gasteiger partial charge on any atom is 0.335 e. The fourth-order valence-corrected chi connectivity index (χ4v) is 2.27. The van der Waals surface area contributed by atoms with E-state index in [1.165, 1.54) is 30.3 Å². The van der Waals surface area contributed by atoms with Gasteiger partial charge in [0, 0.05) is 4.47 Å². The zero-order chi connectivity index (χ0) is 15.4. The molecule has 0 aromatic heterocycles. The van der Waals surface area contributed by atoms with Gasteiger partial charge in [-0.15, -0.1) is 0 Å². The number of rotatable bonds is 4. The maximum absolute atomic E-state index is 11.9. The highest BCUT2D eigenvalue weighted by Crippen LogP contribution is 2.24. The largest absolute Gasteiger partial charge is 0.508 e. The van der Waals surface area contributed by atoms with Crippen molar-refractivity contribution in [3.63, 3.8) is 0 Å². The average Bonchev–Trinajstić information content (AvgIpc) is 2.40. The quantitative estimate of drug-likeness (QED) is 0.791. The van der Waals surface area contributed by atoms with Gasteiger partial charge in [-0.3, -0.25) is 4.79 Å². The first-order valence-corrected chi connectivity index (χ1v) is 6.85. The lowest BCUT2D eigenvalue weighted by molar-refractivity contribution is -0.115. The summed E-state index contributed by atoms with van der Waals surface area (Å²) in [5.41, 5.74) is 1.31. The minimum Gasteiger partial charge on any atom is -0.508 e. The van der Waals surface area contributed by atoms with E-state index in [2.05, 4.69) is 21.2 Å². The monoisotopic (exact) mass is 349 g/mol. The molecule has 0 heterocycles. The highest BCUT2D eigenvalue weighted by molar-refractivity contribution is 9.10. The van der Waals surface area contributed by atoms with Gasteiger partial charge in [-0.25, -0.2) is 4.79 Å². The molecule has 2 rings (SSSR count). The predicted molar refractivity (Wildman–Crippen MR) is 81.5 cm³/mol. The van der Waals surface area contributed by atoms with E-state index in [0.29, 0.717) is 15.7 Å². The number of carbonyl (C=O) groups excluding carboxylic acids is 1. The minimum absolute atomic E-state index is 0.104. The number of halogens is 1. The van der Waals surface area contributed by atoms with Gasteiger partial charge in [0.1, 0.15) is 5.75 Å². The molecular formula is C15H12BrNO4. The Morgan fingerprint density at radius 3 is 2.52 bits per heavy atom. The van der Waals surface area contributed by atoms with Gasteiger partial charge in [0.05, 0.1) is 17.7 Å². The van der Waals surface area contributed by atoms with E-state index in [0.717, 1.165) is 0 Å². The second-order valence-electron chi connectivity index (χ2n) is 4.39. The summed E-state index contributed by atoms with van der Waals surface area (Å²) in [4.78, 5) is 22.8. The standard InChI is InChI=1S/C15H12BrNO4/c16-12-8-10(15(20)21)4-5-13(12)17-14(19)7-9-2-1-3-11(18)6-9/h1-6,8,18H,7H2,(H,17,19)(H,20,21). The molecule has 0 saturated heterocycles. The summed E-state index contributed by atoms with van der Waals surface area (Å²) < 4.78 is 0.492. The van der Waals surface area contributed by atoms with Crippen LogP contribution in [-0.2, 0) is 11.2 Å². The molecule has 2 aromatic carbocycles. The number of hydrogen-bond acceptors (Lipinski definition) is 3. The summed E-state index contributed by atoms with van der Waals surface area (Å²) in [6.45, 7) is 0. The molecule has 0 aliphatic carbocycles. The summed E-state index contributed by atoms with van der Waals surface area (Å²) in [6.07, 6.45) is 0.113. The number of aromatic hydroxyl groups is 1. The second kappa shape index (κ2) is 6.41. The first kappa shape index (κ1) is 15.1. The topological polar surface area (TPSA) is 86.6 Å². The number of amides is 1. The van der Waals surface area contributed by atoms with Crippen LogP contribution in [0.15, 0.2) is 46.9 Å². The Morgan fingerprint density at radius 1 is 1.14 bits per heavy atom. The number of hydrogen-bond donors (Lipinski definition) is 3. The minimum atomic E-state index is -1.03. The lowest BCUT2D eigenvalue weighted by atomic mass is 10.1. The molecular weight excluding hydrogens is 338 g/mol. The van der Waals surface area contributed by atoms with Crippen LogP contribution in [0.4, 0.5) is 5.69 Å². The third-order valence-corrected chi connectivity index (χ3v) is 3.42. The van der Waals surface area contributed by atoms with E-state index in [1.807, 2.05) is 0 Å². The van der Waals surface area contributed by atoms with Crippen LogP contribution in [-0.4, -0.2) is 22.1 Å². The van der Waals surface area contributed by atoms with Crippen LogP contribution >= 0.6 is 15.9 Å². The van der Waals surface area contributed by atoms with Crippen LogP contribution < -0.4 is 5.32 Å². The Balaban J connectivity index is 2.08. The first-order valence-electron chi connectivity index (χ1n) is 6.06. The Kier molecular flexibility index (Phi) is 4.59. The van der Waals surface area contributed by atoms with Crippen LogP contribution in [0.25, 0.3) is 0 Å². The van der Waals surface area contributed by atoms with Gasteiger partial charge in [-0.1, -0.05) is 12.1 Å². The predicted octanol–water partition coefficient (Wildman–Crippen LogP) is 3.03. The first-order chi connectivity index (χ1) is 9.95. The average molecular weight is 350 g/mol. The smallest absolute Gasteiger partial charge is 0.335 e. The Labute approximate surface area is 129 Å². The van der Waals surface area contributed by atoms with Crippen LogP contribution in [0.2, 0.25) is 0 Å². The van der Waals surface area contributed by atoms with Gasteiger partial charge < -0.3 is 15.5 Å². The molecule has 1 amide bonds. The molecule has 2 aromatic rings. The summed E-state index contributed by atoms with van der Waals surface area (Å²) in [5.74, 6) is -1.19. The molecule has 0 fully saturated rings. The highest BCUT2D eigenvalue weighted by Gasteiger charge is 2.10. The fourth-order valence-electron chi connectivity index (χ4n) is 1.80. The lowest BCUT2D eigenvalue weighted by Gasteiger charge is -2.08. The van der Waals surface area contributed by atoms with Crippen LogP contribution in [0, 0.1) is 0 Å². The molecule has 0 aliphatic heterocycles. The van der Waals surface area contributed by atoms with E-state index in [9.17, 15) is 14.7 Å². The molecule has 0 unspecified atom stereocenters. The van der Waals surface area contributed by atoms with Crippen molar-refractivity contribution in [1.82, 2.24) is 0 Å². The van der Waals surface area contributed by atoms with E-state index in [4.69, 9.17) is 5.11 Å². The van der Waals surface area contributed by atoms with Gasteiger partial charge in [0.15, 0.2) is 0 Å². The normalized spacial score (nSPS) is 10.1. The van der Waals surface area contributed by atoms with E-state index < -0.39 is 5.97 Å². The molecule has 0 bridgehead atoms. The maximum atomic E-state index is 11.9. The van der Waals surface area contributed by atoms with Crippen LogP contribution in [0.3, 0.4) is 0 Å². The molecule has 0 aliphatic rings. The molecule has 0 saturated carbocycles. The van der Waals surface area contributed by atoms with E-state index in [1.54, 1.807) is 12.1 Å². The summed E-state index contributed by atoms with van der Waals surface area (Å²) in [7, 11) is 0. The molecule has 3 N–H and O–H groups in total. The van der Waals surface area contributed by atoms with Gasteiger partial charge in [-0.2, -0.15) is 0 Å². The number of benzene rings is 2. The van der Waals surface area contributed by atoms with Crippen molar-refractivity contribution in [1.29, 1.82) is 0 Å². The summed E-state index contributed by atoms with van der Waals surface area (Å²) in [6, 6.07) is 10.8.